The lowest BCUT2D eigenvalue weighted by Gasteiger charge is -2.04. The van der Waals surface area contributed by atoms with E-state index in [4.69, 9.17) is 5.11 Å². The van der Waals surface area contributed by atoms with E-state index in [0.717, 1.165) is 12.8 Å². The van der Waals surface area contributed by atoms with Crippen LogP contribution in [0.2, 0.25) is 0 Å². The summed E-state index contributed by atoms with van der Waals surface area (Å²) < 4.78 is 0. The van der Waals surface area contributed by atoms with Gasteiger partial charge in [0.05, 0.1) is 0 Å². The molecule has 0 fully saturated rings. The van der Waals surface area contributed by atoms with Gasteiger partial charge in [-0.15, -0.1) is 0 Å². The maximum absolute atomic E-state index is 10.5. The summed E-state index contributed by atoms with van der Waals surface area (Å²) in [5.41, 5.74) is 0. The third-order valence-corrected chi connectivity index (χ3v) is 8.07. The summed E-state index contributed by atoms with van der Waals surface area (Å²) in [5.74, 6) is -0.650. The van der Waals surface area contributed by atoms with Gasteiger partial charge in [0, 0.05) is 6.42 Å². The SMILES string of the molecule is CC/C=C\CCCCCCCCC/C=C\CCCCCCCCCCCCCCCCCCCCCC(=O)O. The number of carbonyl (C=O) groups is 1. The fourth-order valence-corrected chi connectivity index (χ4v) is 5.47. The molecule has 0 heterocycles. The first-order valence-corrected chi connectivity index (χ1v) is 17.8. The van der Waals surface area contributed by atoms with Gasteiger partial charge in [-0.05, 0) is 51.4 Å². The first-order valence-electron chi connectivity index (χ1n) is 17.8. The highest BCUT2D eigenvalue weighted by Gasteiger charge is 1.98. The van der Waals surface area contributed by atoms with Crippen molar-refractivity contribution in [2.75, 3.05) is 0 Å². The second-order valence-electron chi connectivity index (χ2n) is 12.1. The lowest BCUT2D eigenvalue weighted by molar-refractivity contribution is -0.137. The lowest BCUT2D eigenvalue weighted by atomic mass is 10.0. The number of hydrogen-bond donors (Lipinski definition) is 1. The van der Waals surface area contributed by atoms with Gasteiger partial charge < -0.3 is 5.11 Å². The largest absolute Gasteiger partial charge is 0.481 e. The van der Waals surface area contributed by atoms with E-state index in [2.05, 4.69) is 31.2 Å². The highest BCUT2D eigenvalue weighted by atomic mass is 16.4. The molecule has 0 aromatic heterocycles. The second-order valence-corrected chi connectivity index (χ2v) is 12.1. The van der Waals surface area contributed by atoms with Gasteiger partial charge in [-0.1, -0.05) is 172 Å². The highest BCUT2D eigenvalue weighted by molar-refractivity contribution is 5.66. The Labute approximate surface area is 245 Å². The first kappa shape index (κ1) is 38.0. The predicted molar refractivity (Wildman–Crippen MR) is 175 cm³/mol. The summed E-state index contributed by atoms with van der Waals surface area (Å²) in [7, 11) is 0. The van der Waals surface area contributed by atoms with Gasteiger partial charge in [-0.2, -0.15) is 0 Å². The topological polar surface area (TPSA) is 37.3 Å². The minimum absolute atomic E-state index is 0.344. The standard InChI is InChI=1S/C37H70O2/c1-2-3-4-5-6-7-8-9-10-11-12-13-14-15-16-17-18-19-20-21-22-23-24-25-26-27-28-29-30-31-32-33-34-35-36-37(38)39/h3-4,14-15H,2,5-13,16-36H2,1H3,(H,38,39)/b4-3-,15-14-. The molecule has 0 spiro atoms. The van der Waals surface area contributed by atoms with Crippen LogP contribution in [0.1, 0.15) is 206 Å². The van der Waals surface area contributed by atoms with Crippen LogP contribution in [0.3, 0.4) is 0 Å². The fourth-order valence-electron chi connectivity index (χ4n) is 5.47. The number of hydrogen-bond acceptors (Lipinski definition) is 1. The molecule has 0 aliphatic rings. The maximum Gasteiger partial charge on any atom is 0.303 e. The predicted octanol–water partition coefficient (Wildman–Crippen LogP) is 13.3. The van der Waals surface area contributed by atoms with Crippen molar-refractivity contribution >= 4 is 5.97 Å². The summed E-state index contributed by atoms with van der Waals surface area (Å²) in [6, 6.07) is 0. The molecule has 0 aromatic rings. The number of carboxylic acids is 1. The minimum atomic E-state index is -0.650. The van der Waals surface area contributed by atoms with E-state index < -0.39 is 5.97 Å². The number of aliphatic carboxylic acids is 1. The molecular weight excluding hydrogens is 476 g/mol. The van der Waals surface area contributed by atoms with E-state index in [1.165, 1.54) is 180 Å². The number of unbranched alkanes of at least 4 members (excludes halogenated alkanes) is 27. The molecule has 0 atom stereocenters. The maximum atomic E-state index is 10.5. The number of carboxylic acid groups (broad SMARTS) is 1. The molecule has 0 aliphatic carbocycles. The van der Waals surface area contributed by atoms with E-state index in [1.54, 1.807) is 0 Å². The van der Waals surface area contributed by atoms with E-state index in [0.29, 0.717) is 6.42 Å². The van der Waals surface area contributed by atoms with Gasteiger partial charge in [0.25, 0.3) is 0 Å². The quantitative estimate of drug-likeness (QED) is 0.0656. The van der Waals surface area contributed by atoms with Crippen LogP contribution in [0, 0.1) is 0 Å². The third-order valence-electron chi connectivity index (χ3n) is 8.07. The molecule has 0 radical (unpaired) electrons. The first-order chi connectivity index (χ1) is 19.3. The van der Waals surface area contributed by atoms with Crippen molar-refractivity contribution in [3.8, 4) is 0 Å². The summed E-state index contributed by atoms with van der Waals surface area (Å²) in [6.45, 7) is 2.21. The van der Waals surface area contributed by atoms with Crippen LogP contribution in [-0.2, 0) is 4.79 Å². The van der Waals surface area contributed by atoms with Gasteiger partial charge in [-0.3, -0.25) is 4.79 Å². The average Bonchev–Trinajstić information content (AvgIpc) is 2.93. The molecule has 0 aliphatic heterocycles. The molecule has 0 unspecified atom stereocenters. The van der Waals surface area contributed by atoms with Gasteiger partial charge in [0.15, 0.2) is 0 Å². The van der Waals surface area contributed by atoms with Crippen LogP contribution in [0.5, 0.6) is 0 Å². The van der Waals surface area contributed by atoms with Crippen LogP contribution in [-0.4, -0.2) is 11.1 Å². The molecular formula is C37H70O2. The van der Waals surface area contributed by atoms with E-state index in [-0.39, 0.29) is 0 Å². The third kappa shape index (κ3) is 37.0. The Balaban J connectivity index is 3.10. The molecule has 2 heteroatoms. The van der Waals surface area contributed by atoms with Crippen molar-refractivity contribution in [1.82, 2.24) is 0 Å². The van der Waals surface area contributed by atoms with E-state index in [9.17, 15) is 4.79 Å². The van der Waals surface area contributed by atoms with Crippen LogP contribution in [0.15, 0.2) is 24.3 Å². The van der Waals surface area contributed by atoms with Gasteiger partial charge in [0.1, 0.15) is 0 Å². The molecule has 0 saturated heterocycles. The molecule has 0 aromatic carbocycles. The monoisotopic (exact) mass is 547 g/mol. The fraction of sp³-hybridized carbons (Fsp3) is 0.865. The van der Waals surface area contributed by atoms with Crippen molar-refractivity contribution in [2.45, 2.75) is 206 Å². The van der Waals surface area contributed by atoms with E-state index >= 15 is 0 Å². The Morgan fingerprint density at radius 2 is 0.615 bits per heavy atom. The van der Waals surface area contributed by atoms with Gasteiger partial charge in [-0.25, -0.2) is 0 Å². The number of allylic oxidation sites excluding steroid dienone is 4. The van der Waals surface area contributed by atoms with Crippen LogP contribution >= 0.6 is 0 Å². The molecule has 2 nitrogen and oxygen atoms in total. The zero-order valence-electron chi connectivity index (χ0n) is 26.6. The smallest absolute Gasteiger partial charge is 0.303 e. The molecule has 0 saturated carbocycles. The lowest BCUT2D eigenvalue weighted by Crippen LogP contribution is -1.93. The Morgan fingerprint density at radius 1 is 0.385 bits per heavy atom. The van der Waals surface area contributed by atoms with Crippen LogP contribution in [0.4, 0.5) is 0 Å². The Kier molecular flexibility index (Phi) is 34.0. The van der Waals surface area contributed by atoms with Gasteiger partial charge >= 0.3 is 5.97 Å². The Bertz CT molecular complexity index is 522. The second kappa shape index (κ2) is 35.0. The van der Waals surface area contributed by atoms with Crippen molar-refractivity contribution in [3.05, 3.63) is 24.3 Å². The number of rotatable bonds is 33. The zero-order chi connectivity index (χ0) is 28.3. The van der Waals surface area contributed by atoms with Crippen molar-refractivity contribution < 1.29 is 9.90 Å². The highest BCUT2D eigenvalue weighted by Crippen LogP contribution is 2.15. The average molecular weight is 547 g/mol. The Hall–Kier alpha value is -1.05. The van der Waals surface area contributed by atoms with Crippen molar-refractivity contribution in [2.24, 2.45) is 0 Å². The minimum Gasteiger partial charge on any atom is -0.481 e. The summed E-state index contributed by atoms with van der Waals surface area (Å²) in [5, 5.41) is 8.63. The molecule has 230 valence electrons. The molecule has 0 rings (SSSR count). The van der Waals surface area contributed by atoms with E-state index in [1.807, 2.05) is 0 Å². The molecule has 1 N–H and O–H groups in total. The zero-order valence-corrected chi connectivity index (χ0v) is 26.6. The molecule has 0 bridgehead atoms. The summed E-state index contributed by atoms with van der Waals surface area (Å²) in [4.78, 5) is 10.5. The van der Waals surface area contributed by atoms with Gasteiger partial charge in [0.2, 0.25) is 0 Å². The molecule has 0 amide bonds. The molecule has 39 heavy (non-hydrogen) atoms. The summed E-state index contributed by atoms with van der Waals surface area (Å²) >= 11 is 0. The van der Waals surface area contributed by atoms with Crippen molar-refractivity contribution in [1.29, 1.82) is 0 Å². The Morgan fingerprint density at radius 3 is 0.872 bits per heavy atom. The summed E-state index contributed by atoms with van der Waals surface area (Å²) in [6.07, 6.45) is 50.5. The van der Waals surface area contributed by atoms with Crippen LogP contribution < -0.4 is 0 Å². The van der Waals surface area contributed by atoms with Crippen molar-refractivity contribution in [3.63, 3.8) is 0 Å². The normalized spacial score (nSPS) is 11.8. The van der Waals surface area contributed by atoms with Crippen LogP contribution in [0.25, 0.3) is 0 Å².